The molecule has 9 heteroatoms. The van der Waals surface area contributed by atoms with Crippen LogP contribution in [-0.2, 0) is 40.3 Å². The summed E-state index contributed by atoms with van der Waals surface area (Å²) >= 11 is -2.08. The Balaban J connectivity index is 0.00000151. The monoisotopic (exact) mass is 611 g/mol. The summed E-state index contributed by atoms with van der Waals surface area (Å²) < 4.78 is 22.3. The molecule has 0 spiro atoms. The van der Waals surface area contributed by atoms with E-state index in [1.807, 2.05) is 78.8 Å². The van der Waals surface area contributed by atoms with Gasteiger partial charge in [0.15, 0.2) is 0 Å². The molecule has 1 fully saturated rings. The predicted molar refractivity (Wildman–Crippen MR) is 113 cm³/mol. The number of nitrogens with zero attached hydrogens (tertiary/aromatic N) is 3. The summed E-state index contributed by atoms with van der Waals surface area (Å²) in [6, 6.07) is 8.39. The Morgan fingerprint density at radius 2 is 1.61 bits per heavy atom. The van der Waals surface area contributed by atoms with Crippen LogP contribution >= 0.6 is 0 Å². The number of cyclic esters (lactones) is 1. The van der Waals surface area contributed by atoms with Crippen molar-refractivity contribution in [3.63, 3.8) is 0 Å². The molecule has 1 aliphatic rings. The van der Waals surface area contributed by atoms with Crippen molar-refractivity contribution in [3.05, 3.63) is 46.5 Å². The van der Waals surface area contributed by atoms with Crippen molar-refractivity contribution in [2.24, 2.45) is 0 Å². The summed E-state index contributed by atoms with van der Waals surface area (Å²) in [7, 11) is 0. The van der Waals surface area contributed by atoms with Crippen LogP contribution in [0.5, 0.6) is 0 Å². The van der Waals surface area contributed by atoms with Gasteiger partial charge in [0.2, 0.25) is 5.91 Å². The summed E-state index contributed by atoms with van der Waals surface area (Å²) in [6.45, 7) is 13.9. The van der Waals surface area contributed by atoms with Crippen molar-refractivity contribution in [2.75, 3.05) is 6.61 Å². The van der Waals surface area contributed by atoms with Crippen LogP contribution in [-0.4, -0.2) is 52.7 Å². The molecule has 174 valence electrons. The standard InChI is InChI=1S/C22H33N3O3.2O.Os/c1-15(23-21(2,3)4)18(24-22(5,6)7)19(26)25-17(14-28-20(25)27)13-16-11-9-8-10-12-16;;;/h8-12,15,17-18H,13-14H2,1-7H3;;;/q-2;;;+2/t15-,17+,18+;;;/m1.../s1. The van der Waals surface area contributed by atoms with Gasteiger partial charge in [-0.15, -0.1) is 17.1 Å². The van der Waals surface area contributed by atoms with Gasteiger partial charge in [-0.1, -0.05) is 84.8 Å². The van der Waals surface area contributed by atoms with Crippen LogP contribution in [0.4, 0.5) is 4.79 Å². The zero-order valence-corrected chi connectivity index (χ0v) is 21.8. The summed E-state index contributed by atoms with van der Waals surface area (Å²) in [6.07, 6.45) is -0.0336. The Morgan fingerprint density at radius 3 is 2.10 bits per heavy atom. The van der Waals surface area contributed by atoms with Crippen molar-refractivity contribution in [1.29, 1.82) is 0 Å². The molecule has 31 heavy (non-hydrogen) atoms. The molecule has 0 radical (unpaired) electrons. The average Bonchev–Trinajstić information content (AvgIpc) is 2.98. The first kappa shape index (κ1) is 27.4. The first-order valence-electron chi connectivity index (χ1n) is 10.1. The summed E-state index contributed by atoms with van der Waals surface area (Å²) in [5.74, 6) is -0.334. The molecule has 1 saturated heterocycles. The first-order chi connectivity index (χ1) is 14.3. The van der Waals surface area contributed by atoms with Crippen LogP contribution in [0.2, 0.25) is 0 Å². The van der Waals surface area contributed by atoms with Gasteiger partial charge in [-0.2, -0.15) is 0 Å². The molecule has 0 unspecified atom stereocenters. The maximum absolute atomic E-state index is 13.4. The van der Waals surface area contributed by atoms with E-state index in [1.165, 1.54) is 4.90 Å². The molecule has 0 aliphatic carbocycles. The Kier molecular flexibility index (Phi) is 10.4. The predicted octanol–water partition coefficient (Wildman–Crippen LogP) is 4.44. The van der Waals surface area contributed by atoms with Gasteiger partial charge in [0.25, 0.3) is 0 Å². The molecular formula is C22H33N3O5Os. The zero-order valence-electron chi connectivity index (χ0n) is 19.3. The fourth-order valence-corrected chi connectivity index (χ4v) is 3.38. The second-order valence-electron chi connectivity index (χ2n) is 9.47. The summed E-state index contributed by atoms with van der Waals surface area (Å²) in [4.78, 5) is 27.1. The van der Waals surface area contributed by atoms with E-state index in [4.69, 9.17) is 22.4 Å². The quantitative estimate of drug-likeness (QED) is 0.474. The van der Waals surface area contributed by atoms with E-state index >= 15 is 0 Å². The topological polar surface area (TPSA) is 109 Å². The third-order valence-electron chi connectivity index (χ3n) is 4.34. The molecule has 1 aromatic rings. The fourth-order valence-electron chi connectivity index (χ4n) is 3.38. The first-order valence-corrected chi connectivity index (χ1v) is 12.2. The van der Waals surface area contributed by atoms with Gasteiger partial charge in [0.05, 0.1) is 6.04 Å². The molecule has 0 bridgehead atoms. The maximum atomic E-state index is 13.4. The normalized spacial score (nSPS) is 18.5. The van der Waals surface area contributed by atoms with Gasteiger partial charge in [-0.05, 0) is 12.0 Å². The van der Waals surface area contributed by atoms with Crippen LogP contribution in [0.3, 0.4) is 0 Å². The summed E-state index contributed by atoms with van der Waals surface area (Å²) in [5, 5.41) is 9.45. The molecule has 1 aromatic carbocycles. The van der Waals surface area contributed by atoms with Gasteiger partial charge in [0, 0.05) is 0 Å². The Bertz CT molecular complexity index is 768. The van der Waals surface area contributed by atoms with Crippen molar-refractivity contribution in [3.8, 4) is 0 Å². The second-order valence-corrected chi connectivity index (χ2v) is 9.90. The molecule has 1 aliphatic heterocycles. The van der Waals surface area contributed by atoms with E-state index in [0.29, 0.717) is 6.42 Å². The molecule has 0 aromatic heterocycles. The minimum absolute atomic E-state index is 0.201. The van der Waals surface area contributed by atoms with E-state index in [9.17, 15) is 9.59 Å². The number of ether oxygens (including phenoxy) is 1. The molecular weight excluding hydrogens is 576 g/mol. The zero-order chi connectivity index (χ0) is 23.8. The van der Waals surface area contributed by atoms with Crippen molar-refractivity contribution >= 4 is 12.0 Å². The van der Waals surface area contributed by atoms with Crippen LogP contribution in [0.1, 0.15) is 54.0 Å². The van der Waals surface area contributed by atoms with E-state index in [2.05, 4.69) is 0 Å². The molecule has 8 nitrogen and oxygen atoms in total. The van der Waals surface area contributed by atoms with Crippen molar-refractivity contribution in [1.82, 2.24) is 4.90 Å². The van der Waals surface area contributed by atoms with E-state index < -0.39 is 35.0 Å². The van der Waals surface area contributed by atoms with Gasteiger partial charge in [-0.3, -0.25) is 4.79 Å². The number of hydrogen-bond donors (Lipinski definition) is 0. The van der Waals surface area contributed by atoms with Crippen LogP contribution < -0.4 is 0 Å². The van der Waals surface area contributed by atoms with E-state index in [0.717, 1.165) is 5.56 Å². The Labute approximate surface area is 192 Å². The SMILES string of the molecule is C[C@@H]([N-]C(C)(C)C)[C@H]([N-]C(C)(C)C)C(=O)N1C(=O)OC[C@@H]1Cc1ccccc1.[O]=[Os+2]=[O]. The Morgan fingerprint density at radius 1 is 1.10 bits per heavy atom. The third-order valence-corrected chi connectivity index (χ3v) is 4.34. The van der Waals surface area contributed by atoms with Gasteiger partial charge >= 0.3 is 30.5 Å². The number of benzene rings is 1. The molecule has 3 atom stereocenters. The van der Waals surface area contributed by atoms with Crippen LogP contribution in [0.15, 0.2) is 30.3 Å². The molecule has 0 saturated carbocycles. The fraction of sp³-hybridized carbons (Fsp3) is 0.636. The molecule has 2 rings (SSSR count). The second kappa shape index (κ2) is 11.8. The number of imide groups is 1. The number of amides is 2. The Hall–Kier alpha value is -1.68. The van der Waals surface area contributed by atoms with Gasteiger partial charge in [0.1, 0.15) is 6.61 Å². The number of rotatable bonds is 6. The average molecular weight is 610 g/mol. The molecule has 0 N–H and O–H groups in total. The minimum atomic E-state index is -2.08. The van der Waals surface area contributed by atoms with Gasteiger partial charge in [-0.25, -0.2) is 9.69 Å². The number of carbonyl (C=O) groups excluding carboxylic acids is 2. The number of carbonyl (C=O) groups is 2. The third kappa shape index (κ3) is 9.55. The number of hydrogen-bond acceptors (Lipinski definition) is 5. The van der Waals surface area contributed by atoms with E-state index in [-0.39, 0.29) is 30.1 Å². The molecule has 1 heterocycles. The van der Waals surface area contributed by atoms with Crippen molar-refractivity contribution in [2.45, 2.75) is 84.1 Å². The van der Waals surface area contributed by atoms with Gasteiger partial charge < -0.3 is 15.4 Å². The van der Waals surface area contributed by atoms with Crippen LogP contribution in [0.25, 0.3) is 10.6 Å². The van der Waals surface area contributed by atoms with Crippen LogP contribution in [0, 0.1) is 0 Å². The summed E-state index contributed by atoms with van der Waals surface area (Å²) in [5.41, 5.74) is 0.321. The van der Waals surface area contributed by atoms with Crippen molar-refractivity contribution < 1.29 is 38.7 Å². The molecule has 2 amide bonds. The van der Waals surface area contributed by atoms with E-state index in [1.54, 1.807) is 0 Å².